The van der Waals surface area contributed by atoms with Crippen molar-refractivity contribution < 1.29 is 17.6 Å². The maximum absolute atomic E-state index is 13.2. The Labute approximate surface area is 172 Å². The van der Waals surface area contributed by atoms with Crippen LogP contribution in [-0.4, -0.2) is 46.8 Å². The Morgan fingerprint density at radius 2 is 1.69 bits per heavy atom. The van der Waals surface area contributed by atoms with E-state index in [0.717, 1.165) is 22.8 Å². The molecule has 6 nitrogen and oxygen atoms in total. The molecule has 0 spiro atoms. The van der Waals surface area contributed by atoms with Gasteiger partial charge in [0.2, 0.25) is 15.9 Å². The molecule has 0 saturated heterocycles. The van der Waals surface area contributed by atoms with E-state index in [9.17, 15) is 17.6 Å². The van der Waals surface area contributed by atoms with Gasteiger partial charge in [0.25, 0.3) is 0 Å². The first-order valence-electron chi connectivity index (χ1n) is 9.53. The molecular formula is C21H28FN3O3S. The summed E-state index contributed by atoms with van der Waals surface area (Å²) < 4.78 is 39.0. The smallest absolute Gasteiger partial charge is 0.243 e. The van der Waals surface area contributed by atoms with E-state index in [0.29, 0.717) is 19.4 Å². The van der Waals surface area contributed by atoms with Crippen molar-refractivity contribution in [1.82, 2.24) is 5.32 Å². The second-order valence-corrected chi connectivity index (χ2v) is 8.72. The lowest BCUT2D eigenvalue weighted by atomic mass is 10.2. The molecule has 0 heterocycles. The predicted octanol–water partition coefficient (Wildman–Crippen LogP) is 3.01. The maximum atomic E-state index is 13.2. The number of sulfonamides is 1. The number of halogens is 1. The molecule has 2 aromatic carbocycles. The number of benzene rings is 2. The molecule has 0 saturated carbocycles. The van der Waals surface area contributed by atoms with Gasteiger partial charge in [-0.3, -0.25) is 9.10 Å². The Bertz CT molecular complexity index is 889. The van der Waals surface area contributed by atoms with E-state index in [2.05, 4.69) is 10.2 Å². The fraction of sp³-hybridized carbons (Fsp3) is 0.381. The average molecular weight is 422 g/mol. The third-order valence-corrected chi connectivity index (χ3v) is 5.76. The number of para-hydroxylation sites is 1. The summed E-state index contributed by atoms with van der Waals surface area (Å²) in [5.41, 5.74) is 1.35. The van der Waals surface area contributed by atoms with Crippen LogP contribution >= 0.6 is 0 Å². The Morgan fingerprint density at radius 1 is 1.07 bits per heavy atom. The van der Waals surface area contributed by atoms with Gasteiger partial charge in [-0.2, -0.15) is 0 Å². The second-order valence-electron chi connectivity index (χ2n) is 6.86. The summed E-state index contributed by atoms with van der Waals surface area (Å²) in [6, 6.07) is 14.1. The fourth-order valence-corrected chi connectivity index (χ4v) is 4.32. The van der Waals surface area contributed by atoms with Crippen LogP contribution in [0.15, 0.2) is 54.6 Å². The molecule has 8 heteroatoms. The van der Waals surface area contributed by atoms with E-state index in [1.807, 2.05) is 37.4 Å². The van der Waals surface area contributed by atoms with E-state index in [-0.39, 0.29) is 11.6 Å². The quantitative estimate of drug-likeness (QED) is 0.599. The van der Waals surface area contributed by atoms with E-state index in [1.165, 1.54) is 24.3 Å². The molecule has 1 atom stereocenters. The fourth-order valence-electron chi connectivity index (χ4n) is 3.11. The van der Waals surface area contributed by atoms with Crippen molar-refractivity contribution >= 4 is 27.3 Å². The molecule has 0 aromatic heterocycles. The van der Waals surface area contributed by atoms with Gasteiger partial charge < -0.3 is 10.2 Å². The molecule has 0 aliphatic carbocycles. The number of nitrogens with one attached hydrogen (secondary N) is 1. The van der Waals surface area contributed by atoms with Crippen LogP contribution < -0.4 is 14.5 Å². The summed E-state index contributed by atoms with van der Waals surface area (Å²) in [6.07, 6.45) is 2.05. The normalized spacial score (nSPS) is 12.3. The lowest BCUT2D eigenvalue weighted by Crippen LogP contribution is -2.49. The molecule has 0 unspecified atom stereocenters. The standard InChI is InChI=1S/C21H28FN3O3S/c1-4-20(25(29(3,27)28)19-13-11-17(22)12-14-19)21(26)23-15-8-16-24(2)18-9-6-5-7-10-18/h5-7,9-14,20H,4,8,15-16H2,1-3H3,(H,23,26)/t20-/m0/s1. The number of hydrogen-bond donors (Lipinski definition) is 1. The van der Waals surface area contributed by atoms with Crippen molar-refractivity contribution in [3.63, 3.8) is 0 Å². The molecule has 0 aliphatic rings. The molecule has 1 amide bonds. The predicted molar refractivity (Wildman–Crippen MR) is 115 cm³/mol. The van der Waals surface area contributed by atoms with Gasteiger partial charge in [-0.1, -0.05) is 25.1 Å². The lowest BCUT2D eigenvalue weighted by Gasteiger charge is -2.30. The molecular weight excluding hydrogens is 393 g/mol. The van der Waals surface area contributed by atoms with E-state index in [1.54, 1.807) is 6.92 Å². The van der Waals surface area contributed by atoms with Gasteiger partial charge in [0, 0.05) is 25.8 Å². The molecule has 0 aliphatic heterocycles. The van der Waals surface area contributed by atoms with Crippen molar-refractivity contribution in [2.75, 3.05) is 35.6 Å². The third kappa shape index (κ3) is 6.45. The number of nitrogens with zero attached hydrogens (tertiary/aromatic N) is 2. The van der Waals surface area contributed by atoms with Crippen molar-refractivity contribution in [3.8, 4) is 0 Å². The van der Waals surface area contributed by atoms with Crippen LogP contribution in [0.3, 0.4) is 0 Å². The zero-order valence-electron chi connectivity index (χ0n) is 17.0. The molecule has 2 rings (SSSR count). The minimum Gasteiger partial charge on any atom is -0.375 e. The largest absolute Gasteiger partial charge is 0.375 e. The number of carbonyl (C=O) groups excluding carboxylic acids is 1. The Kier molecular flexibility index (Phi) is 8.01. The van der Waals surface area contributed by atoms with Gasteiger partial charge in [0.1, 0.15) is 11.9 Å². The second kappa shape index (κ2) is 10.2. The SMILES string of the molecule is CC[C@@H](C(=O)NCCCN(C)c1ccccc1)N(c1ccc(F)cc1)S(C)(=O)=O. The van der Waals surface area contributed by atoms with Crippen LogP contribution in [-0.2, 0) is 14.8 Å². The number of carbonyl (C=O) groups is 1. The molecule has 0 fully saturated rings. The summed E-state index contributed by atoms with van der Waals surface area (Å²) in [4.78, 5) is 14.8. The monoisotopic (exact) mass is 421 g/mol. The summed E-state index contributed by atoms with van der Waals surface area (Å²) >= 11 is 0. The molecule has 0 radical (unpaired) electrons. The average Bonchev–Trinajstić information content (AvgIpc) is 2.69. The van der Waals surface area contributed by atoms with Crippen molar-refractivity contribution in [2.45, 2.75) is 25.8 Å². The van der Waals surface area contributed by atoms with Crippen molar-refractivity contribution in [1.29, 1.82) is 0 Å². The Balaban J connectivity index is 1.99. The van der Waals surface area contributed by atoms with Crippen molar-refractivity contribution in [3.05, 3.63) is 60.4 Å². The van der Waals surface area contributed by atoms with Crippen LogP contribution in [0.5, 0.6) is 0 Å². The minimum atomic E-state index is -3.73. The minimum absolute atomic E-state index is 0.264. The lowest BCUT2D eigenvalue weighted by molar-refractivity contribution is -0.122. The number of amides is 1. The summed E-state index contributed by atoms with van der Waals surface area (Å²) in [7, 11) is -1.75. The Morgan fingerprint density at radius 3 is 2.24 bits per heavy atom. The molecule has 2 aromatic rings. The zero-order valence-corrected chi connectivity index (χ0v) is 17.8. The number of hydrogen-bond acceptors (Lipinski definition) is 4. The highest BCUT2D eigenvalue weighted by Crippen LogP contribution is 2.22. The highest BCUT2D eigenvalue weighted by molar-refractivity contribution is 7.92. The summed E-state index contributed by atoms with van der Waals surface area (Å²) in [5, 5.41) is 2.83. The first-order chi connectivity index (χ1) is 13.7. The first kappa shape index (κ1) is 22.7. The summed E-state index contributed by atoms with van der Waals surface area (Å²) in [6.45, 7) is 2.91. The van der Waals surface area contributed by atoms with Gasteiger partial charge in [-0.15, -0.1) is 0 Å². The zero-order chi connectivity index (χ0) is 21.4. The van der Waals surface area contributed by atoms with E-state index in [4.69, 9.17) is 0 Å². The maximum Gasteiger partial charge on any atom is 0.243 e. The highest BCUT2D eigenvalue weighted by Gasteiger charge is 2.31. The van der Waals surface area contributed by atoms with Gasteiger partial charge in [0.15, 0.2) is 0 Å². The van der Waals surface area contributed by atoms with Crippen LogP contribution in [0, 0.1) is 5.82 Å². The molecule has 0 bridgehead atoms. The number of anilines is 2. The molecule has 29 heavy (non-hydrogen) atoms. The topological polar surface area (TPSA) is 69.7 Å². The van der Waals surface area contributed by atoms with Crippen LogP contribution in [0.4, 0.5) is 15.8 Å². The Hall–Kier alpha value is -2.61. The van der Waals surface area contributed by atoms with Crippen LogP contribution in [0.1, 0.15) is 19.8 Å². The van der Waals surface area contributed by atoms with Gasteiger partial charge in [-0.05, 0) is 49.2 Å². The number of rotatable bonds is 10. The first-order valence-corrected chi connectivity index (χ1v) is 11.4. The highest BCUT2D eigenvalue weighted by atomic mass is 32.2. The van der Waals surface area contributed by atoms with E-state index >= 15 is 0 Å². The third-order valence-electron chi connectivity index (χ3n) is 4.58. The van der Waals surface area contributed by atoms with E-state index < -0.39 is 21.9 Å². The van der Waals surface area contributed by atoms with Crippen LogP contribution in [0.2, 0.25) is 0 Å². The van der Waals surface area contributed by atoms with Gasteiger partial charge in [-0.25, -0.2) is 12.8 Å². The van der Waals surface area contributed by atoms with Crippen molar-refractivity contribution in [2.24, 2.45) is 0 Å². The summed E-state index contributed by atoms with van der Waals surface area (Å²) in [5.74, 6) is -0.841. The van der Waals surface area contributed by atoms with Crippen LogP contribution in [0.25, 0.3) is 0 Å². The van der Waals surface area contributed by atoms with Gasteiger partial charge in [0.05, 0.1) is 11.9 Å². The molecule has 1 N–H and O–H groups in total. The van der Waals surface area contributed by atoms with Gasteiger partial charge >= 0.3 is 0 Å². The molecule has 158 valence electrons.